The second-order valence-electron chi connectivity index (χ2n) is 4.57. The molecule has 2 rings (SSSR count). The standard InChI is InChI=1S/C10H16N2O/c1-6-8(5-11)12-13-9(6)7-4-10(7,2)3/h7H,4-5,11H2,1-3H3. The highest BCUT2D eigenvalue weighted by molar-refractivity contribution is 5.30. The van der Waals surface area contributed by atoms with Gasteiger partial charge >= 0.3 is 0 Å². The molecule has 0 radical (unpaired) electrons. The Morgan fingerprint density at radius 3 is 2.62 bits per heavy atom. The van der Waals surface area contributed by atoms with Gasteiger partial charge in [0.25, 0.3) is 0 Å². The summed E-state index contributed by atoms with van der Waals surface area (Å²) in [7, 11) is 0. The molecule has 1 atom stereocenters. The van der Waals surface area contributed by atoms with Gasteiger partial charge in [-0.25, -0.2) is 0 Å². The lowest BCUT2D eigenvalue weighted by Gasteiger charge is -1.99. The van der Waals surface area contributed by atoms with E-state index in [4.69, 9.17) is 10.3 Å². The molecule has 1 heterocycles. The van der Waals surface area contributed by atoms with Gasteiger partial charge in [0.05, 0.1) is 0 Å². The maximum atomic E-state index is 5.53. The van der Waals surface area contributed by atoms with Gasteiger partial charge in [0.1, 0.15) is 11.5 Å². The number of hydrogen-bond acceptors (Lipinski definition) is 3. The van der Waals surface area contributed by atoms with Crippen LogP contribution in [0.2, 0.25) is 0 Å². The lowest BCUT2D eigenvalue weighted by molar-refractivity contribution is 0.367. The molecule has 0 spiro atoms. The normalized spacial score (nSPS) is 24.8. The Kier molecular flexibility index (Phi) is 1.74. The van der Waals surface area contributed by atoms with Gasteiger partial charge in [-0.15, -0.1) is 0 Å². The number of aromatic nitrogens is 1. The molecule has 1 aliphatic rings. The molecule has 1 unspecified atom stereocenters. The number of nitrogens with zero attached hydrogens (tertiary/aromatic N) is 1. The summed E-state index contributed by atoms with van der Waals surface area (Å²) in [4.78, 5) is 0. The van der Waals surface area contributed by atoms with Crippen LogP contribution in [0, 0.1) is 12.3 Å². The molecule has 72 valence electrons. The molecule has 1 fully saturated rings. The van der Waals surface area contributed by atoms with Crippen LogP contribution in [0.4, 0.5) is 0 Å². The SMILES string of the molecule is Cc1c(CN)noc1C1CC1(C)C. The maximum absolute atomic E-state index is 5.53. The fourth-order valence-corrected chi connectivity index (χ4v) is 1.81. The highest BCUT2D eigenvalue weighted by Crippen LogP contribution is 2.59. The van der Waals surface area contributed by atoms with Crippen LogP contribution in [0.1, 0.15) is 43.2 Å². The topological polar surface area (TPSA) is 52.0 Å². The third-order valence-electron chi connectivity index (χ3n) is 3.08. The second-order valence-corrected chi connectivity index (χ2v) is 4.57. The highest BCUT2D eigenvalue weighted by Gasteiger charge is 2.49. The van der Waals surface area contributed by atoms with Gasteiger partial charge in [0.15, 0.2) is 0 Å². The molecule has 0 amide bonds. The first kappa shape index (κ1) is 8.75. The monoisotopic (exact) mass is 180 g/mol. The Bertz CT molecular complexity index is 328. The van der Waals surface area contributed by atoms with Crippen molar-refractivity contribution in [3.8, 4) is 0 Å². The zero-order valence-electron chi connectivity index (χ0n) is 8.42. The first-order valence-corrected chi connectivity index (χ1v) is 4.71. The summed E-state index contributed by atoms with van der Waals surface area (Å²) < 4.78 is 5.32. The van der Waals surface area contributed by atoms with Crippen LogP contribution in [0.3, 0.4) is 0 Å². The van der Waals surface area contributed by atoms with Gasteiger partial charge in [-0.3, -0.25) is 0 Å². The second kappa shape index (κ2) is 2.58. The van der Waals surface area contributed by atoms with Gasteiger partial charge < -0.3 is 10.3 Å². The maximum Gasteiger partial charge on any atom is 0.143 e. The summed E-state index contributed by atoms with van der Waals surface area (Å²) in [6.07, 6.45) is 1.20. The molecule has 13 heavy (non-hydrogen) atoms. The zero-order chi connectivity index (χ0) is 9.64. The molecule has 2 N–H and O–H groups in total. The average Bonchev–Trinajstić information content (AvgIpc) is 2.55. The number of nitrogens with two attached hydrogens (primary N) is 1. The molecule has 1 aromatic heterocycles. The first-order chi connectivity index (χ1) is 6.06. The van der Waals surface area contributed by atoms with Crippen LogP contribution in [-0.2, 0) is 6.54 Å². The summed E-state index contributed by atoms with van der Waals surface area (Å²) in [6.45, 7) is 7.02. The van der Waals surface area contributed by atoms with Crippen molar-refractivity contribution in [3.63, 3.8) is 0 Å². The molecule has 1 aromatic rings. The van der Waals surface area contributed by atoms with E-state index in [1.807, 2.05) is 6.92 Å². The van der Waals surface area contributed by atoms with E-state index >= 15 is 0 Å². The van der Waals surface area contributed by atoms with Gasteiger partial charge in [-0.2, -0.15) is 0 Å². The van der Waals surface area contributed by atoms with E-state index in [0.717, 1.165) is 17.0 Å². The first-order valence-electron chi connectivity index (χ1n) is 4.71. The lowest BCUT2D eigenvalue weighted by Crippen LogP contribution is -1.98. The smallest absolute Gasteiger partial charge is 0.143 e. The Balaban J connectivity index is 2.28. The Hall–Kier alpha value is -0.830. The fraction of sp³-hybridized carbons (Fsp3) is 0.700. The van der Waals surface area contributed by atoms with Crippen LogP contribution in [0.15, 0.2) is 4.52 Å². The summed E-state index contributed by atoms with van der Waals surface area (Å²) in [5.74, 6) is 1.60. The van der Waals surface area contributed by atoms with E-state index in [1.165, 1.54) is 6.42 Å². The molecule has 3 nitrogen and oxygen atoms in total. The fourth-order valence-electron chi connectivity index (χ4n) is 1.81. The van der Waals surface area contributed by atoms with Crippen LogP contribution in [0.25, 0.3) is 0 Å². The molecule has 0 bridgehead atoms. The third kappa shape index (κ3) is 1.27. The summed E-state index contributed by atoms with van der Waals surface area (Å²) in [5, 5.41) is 3.96. The average molecular weight is 180 g/mol. The summed E-state index contributed by atoms with van der Waals surface area (Å²) >= 11 is 0. The molecule has 1 saturated carbocycles. The predicted molar refractivity (Wildman–Crippen MR) is 50.3 cm³/mol. The van der Waals surface area contributed by atoms with Crippen molar-refractivity contribution < 1.29 is 4.52 Å². The van der Waals surface area contributed by atoms with E-state index in [9.17, 15) is 0 Å². The Labute approximate surface area is 78.3 Å². The molecule has 0 aliphatic heterocycles. The van der Waals surface area contributed by atoms with E-state index in [2.05, 4.69) is 19.0 Å². The molecule has 0 saturated heterocycles. The third-order valence-corrected chi connectivity index (χ3v) is 3.08. The van der Waals surface area contributed by atoms with Crippen molar-refractivity contribution in [2.24, 2.45) is 11.1 Å². The van der Waals surface area contributed by atoms with Crippen molar-refractivity contribution in [3.05, 3.63) is 17.0 Å². The Morgan fingerprint density at radius 2 is 2.23 bits per heavy atom. The van der Waals surface area contributed by atoms with Gasteiger partial charge in [-0.1, -0.05) is 19.0 Å². The minimum Gasteiger partial charge on any atom is -0.360 e. The quantitative estimate of drug-likeness (QED) is 0.756. The molecule has 1 aliphatic carbocycles. The van der Waals surface area contributed by atoms with Crippen LogP contribution < -0.4 is 5.73 Å². The zero-order valence-corrected chi connectivity index (χ0v) is 8.42. The van der Waals surface area contributed by atoms with Crippen molar-refractivity contribution in [2.75, 3.05) is 0 Å². The van der Waals surface area contributed by atoms with Crippen molar-refractivity contribution in [1.82, 2.24) is 5.16 Å². The summed E-state index contributed by atoms with van der Waals surface area (Å²) in [6, 6.07) is 0. The van der Waals surface area contributed by atoms with Crippen molar-refractivity contribution in [1.29, 1.82) is 0 Å². The molecular weight excluding hydrogens is 164 g/mol. The number of rotatable bonds is 2. The minimum absolute atomic E-state index is 0.399. The number of hydrogen-bond donors (Lipinski definition) is 1. The van der Waals surface area contributed by atoms with E-state index in [0.29, 0.717) is 17.9 Å². The lowest BCUT2D eigenvalue weighted by atomic mass is 10.1. The summed E-state index contributed by atoms with van der Waals surface area (Å²) in [5.41, 5.74) is 7.98. The van der Waals surface area contributed by atoms with Crippen LogP contribution in [0.5, 0.6) is 0 Å². The largest absolute Gasteiger partial charge is 0.360 e. The van der Waals surface area contributed by atoms with Crippen molar-refractivity contribution >= 4 is 0 Å². The molecule has 3 heteroatoms. The van der Waals surface area contributed by atoms with Gasteiger partial charge in [0, 0.05) is 18.0 Å². The van der Waals surface area contributed by atoms with Crippen LogP contribution in [-0.4, -0.2) is 5.16 Å². The Morgan fingerprint density at radius 1 is 1.62 bits per heavy atom. The van der Waals surface area contributed by atoms with Gasteiger partial charge in [0.2, 0.25) is 0 Å². The minimum atomic E-state index is 0.399. The van der Waals surface area contributed by atoms with E-state index < -0.39 is 0 Å². The predicted octanol–water partition coefficient (Wildman–Crippen LogP) is 1.96. The van der Waals surface area contributed by atoms with E-state index in [1.54, 1.807) is 0 Å². The van der Waals surface area contributed by atoms with Crippen LogP contribution >= 0.6 is 0 Å². The highest BCUT2D eigenvalue weighted by atomic mass is 16.5. The van der Waals surface area contributed by atoms with Gasteiger partial charge in [-0.05, 0) is 18.8 Å². The van der Waals surface area contributed by atoms with Crippen molar-refractivity contribution in [2.45, 2.75) is 39.7 Å². The molecular formula is C10H16N2O. The molecule has 0 aromatic carbocycles. The van der Waals surface area contributed by atoms with E-state index in [-0.39, 0.29) is 0 Å².